The average Bonchev–Trinajstić information content (AvgIpc) is 3.49. The summed E-state index contributed by atoms with van der Waals surface area (Å²) in [5.74, 6) is 1.17. The summed E-state index contributed by atoms with van der Waals surface area (Å²) in [7, 11) is 0. The van der Waals surface area contributed by atoms with Crippen LogP contribution in [0.4, 0.5) is 5.69 Å². The van der Waals surface area contributed by atoms with E-state index in [-0.39, 0.29) is 5.91 Å². The number of nitrogens with one attached hydrogen (secondary N) is 2. The van der Waals surface area contributed by atoms with Gasteiger partial charge in [0.1, 0.15) is 11.5 Å². The van der Waals surface area contributed by atoms with E-state index in [9.17, 15) is 4.79 Å². The lowest BCUT2D eigenvalue weighted by molar-refractivity contribution is -0.115. The van der Waals surface area contributed by atoms with Crippen molar-refractivity contribution in [1.82, 2.24) is 15.3 Å². The minimum Gasteiger partial charge on any atom is -0.494 e. The van der Waals surface area contributed by atoms with Gasteiger partial charge in [0.25, 0.3) is 5.91 Å². The Hall–Kier alpha value is -3.43. The number of benzene rings is 2. The van der Waals surface area contributed by atoms with Crippen molar-refractivity contribution >= 4 is 57.4 Å². The Balaban J connectivity index is 1.27. The second-order valence-electron chi connectivity index (χ2n) is 6.73. The summed E-state index contributed by atoms with van der Waals surface area (Å²) in [6, 6.07) is 18.9. The molecule has 1 aliphatic heterocycles. The van der Waals surface area contributed by atoms with Gasteiger partial charge in [-0.15, -0.1) is 0 Å². The lowest BCUT2D eigenvalue weighted by Gasteiger charge is -2.02. The molecule has 0 saturated carbocycles. The van der Waals surface area contributed by atoms with Crippen LogP contribution >= 0.6 is 23.5 Å². The van der Waals surface area contributed by atoms with Crippen molar-refractivity contribution in [3.8, 4) is 5.75 Å². The van der Waals surface area contributed by atoms with E-state index < -0.39 is 0 Å². The Bertz CT molecular complexity index is 1310. The molecule has 7 nitrogen and oxygen atoms in total. The number of furan rings is 1. The van der Waals surface area contributed by atoms with Gasteiger partial charge in [0, 0.05) is 6.08 Å². The number of imidazole rings is 1. The standard InChI is InChI=1S/C23H18N4O3S2/c1-2-29-15-9-7-14(8-10-15)24-22-27-21(28)19(31-22)13-16-11-12-20(30-16)32-23-25-17-5-3-4-6-18(17)26-23/h3-13H,2H2,1H3,(H,25,26)(H,24,27,28)/b19-13+. The Kier molecular flexibility index (Phi) is 5.74. The quantitative estimate of drug-likeness (QED) is 0.363. The minimum absolute atomic E-state index is 0.206. The molecule has 9 heteroatoms. The number of fused-ring (bicyclic) bond motifs is 1. The van der Waals surface area contributed by atoms with Crippen LogP contribution in [0.5, 0.6) is 5.75 Å². The summed E-state index contributed by atoms with van der Waals surface area (Å²) in [6.45, 7) is 2.55. The molecule has 0 spiro atoms. The van der Waals surface area contributed by atoms with Gasteiger partial charge in [-0.3, -0.25) is 4.79 Å². The molecule has 1 fully saturated rings. The van der Waals surface area contributed by atoms with Gasteiger partial charge in [0.15, 0.2) is 15.4 Å². The van der Waals surface area contributed by atoms with Crippen LogP contribution in [0.1, 0.15) is 12.7 Å². The van der Waals surface area contributed by atoms with Gasteiger partial charge in [-0.25, -0.2) is 9.98 Å². The van der Waals surface area contributed by atoms with Gasteiger partial charge in [0.05, 0.1) is 28.2 Å². The number of amidine groups is 1. The van der Waals surface area contributed by atoms with E-state index in [2.05, 4.69) is 20.3 Å². The predicted molar refractivity (Wildman–Crippen MR) is 127 cm³/mol. The molecule has 1 amide bonds. The van der Waals surface area contributed by atoms with Crippen molar-refractivity contribution in [2.24, 2.45) is 4.99 Å². The molecule has 2 aromatic carbocycles. The second kappa shape index (κ2) is 8.97. The zero-order chi connectivity index (χ0) is 21.9. The Morgan fingerprint density at radius 2 is 2.00 bits per heavy atom. The number of hydrogen-bond donors (Lipinski definition) is 2. The Morgan fingerprint density at radius 3 is 2.81 bits per heavy atom. The van der Waals surface area contributed by atoms with E-state index in [4.69, 9.17) is 9.15 Å². The molecule has 4 aromatic rings. The molecule has 2 N–H and O–H groups in total. The van der Waals surface area contributed by atoms with Crippen LogP contribution in [0.25, 0.3) is 17.1 Å². The molecular weight excluding hydrogens is 444 g/mol. The van der Waals surface area contributed by atoms with Crippen molar-refractivity contribution in [2.45, 2.75) is 17.2 Å². The summed E-state index contributed by atoms with van der Waals surface area (Å²) >= 11 is 2.67. The molecule has 0 atom stereocenters. The lowest BCUT2D eigenvalue weighted by Crippen LogP contribution is -2.19. The number of aromatic nitrogens is 2. The van der Waals surface area contributed by atoms with Crippen molar-refractivity contribution in [1.29, 1.82) is 0 Å². The molecule has 0 radical (unpaired) electrons. The van der Waals surface area contributed by atoms with Crippen molar-refractivity contribution in [2.75, 3.05) is 6.61 Å². The largest absolute Gasteiger partial charge is 0.494 e. The lowest BCUT2D eigenvalue weighted by atomic mass is 10.3. The molecular formula is C23H18N4O3S2. The molecule has 3 heterocycles. The molecule has 5 rings (SSSR count). The van der Waals surface area contributed by atoms with Crippen molar-refractivity contribution in [3.63, 3.8) is 0 Å². The summed E-state index contributed by atoms with van der Waals surface area (Å²) in [5.41, 5.74) is 2.62. The third kappa shape index (κ3) is 4.58. The van der Waals surface area contributed by atoms with Crippen molar-refractivity contribution in [3.05, 3.63) is 71.3 Å². The number of rotatable bonds is 6. The summed E-state index contributed by atoms with van der Waals surface area (Å²) in [5, 5.41) is 4.74. The first kappa shape index (κ1) is 20.5. The highest BCUT2D eigenvalue weighted by atomic mass is 32.2. The highest BCUT2D eigenvalue weighted by molar-refractivity contribution is 8.18. The topological polar surface area (TPSA) is 92.5 Å². The fourth-order valence-corrected chi connectivity index (χ4v) is 4.64. The highest BCUT2D eigenvalue weighted by Gasteiger charge is 2.24. The molecule has 1 aliphatic rings. The van der Waals surface area contributed by atoms with E-state index in [1.165, 1.54) is 23.5 Å². The Labute approximate surface area is 192 Å². The number of nitrogens with zero attached hydrogens (tertiary/aromatic N) is 2. The van der Waals surface area contributed by atoms with Crippen LogP contribution in [-0.2, 0) is 4.79 Å². The van der Waals surface area contributed by atoms with Crippen LogP contribution in [0.2, 0.25) is 0 Å². The summed E-state index contributed by atoms with van der Waals surface area (Å²) in [4.78, 5) is 25.2. The highest BCUT2D eigenvalue weighted by Crippen LogP contribution is 2.32. The Morgan fingerprint density at radius 1 is 1.16 bits per heavy atom. The normalized spacial score (nSPS) is 16.2. The first-order valence-electron chi connectivity index (χ1n) is 9.91. The second-order valence-corrected chi connectivity index (χ2v) is 8.75. The molecule has 1 saturated heterocycles. The van der Waals surface area contributed by atoms with Gasteiger partial charge in [0.2, 0.25) is 0 Å². The van der Waals surface area contributed by atoms with E-state index in [1.54, 1.807) is 6.08 Å². The van der Waals surface area contributed by atoms with Gasteiger partial charge in [-0.1, -0.05) is 12.1 Å². The zero-order valence-electron chi connectivity index (χ0n) is 17.0. The van der Waals surface area contributed by atoms with Gasteiger partial charge >= 0.3 is 0 Å². The number of thioether (sulfide) groups is 1. The van der Waals surface area contributed by atoms with E-state index in [0.29, 0.717) is 27.5 Å². The number of aromatic amines is 1. The molecule has 2 aromatic heterocycles. The van der Waals surface area contributed by atoms with E-state index in [1.807, 2.05) is 67.6 Å². The van der Waals surface area contributed by atoms with E-state index >= 15 is 0 Å². The summed E-state index contributed by atoms with van der Waals surface area (Å²) in [6.07, 6.45) is 1.71. The fraction of sp³-hybridized carbons (Fsp3) is 0.0870. The number of H-pyrrole nitrogens is 1. The van der Waals surface area contributed by atoms with Crippen LogP contribution in [0, 0.1) is 0 Å². The van der Waals surface area contributed by atoms with Crippen LogP contribution < -0.4 is 10.1 Å². The average molecular weight is 463 g/mol. The third-order valence-corrected chi connectivity index (χ3v) is 6.19. The van der Waals surface area contributed by atoms with Crippen molar-refractivity contribution < 1.29 is 13.9 Å². The SMILES string of the molecule is CCOc1ccc(N=C2NC(=O)/C(=C\c3ccc(Sc4nc5ccccc5[nH]4)o3)S2)cc1. The maximum absolute atomic E-state index is 12.4. The number of ether oxygens (including phenoxy) is 1. The smallest absolute Gasteiger partial charge is 0.264 e. The number of hydrogen-bond acceptors (Lipinski definition) is 7. The van der Waals surface area contributed by atoms with Crippen LogP contribution in [0.15, 0.2) is 85.2 Å². The number of carbonyl (C=O) groups excluding carboxylic acids is 1. The van der Waals surface area contributed by atoms with Crippen LogP contribution in [-0.4, -0.2) is 27.6 Å². The monoisotopic (exact) mass is 462 g/mol. The molecule has 32 heavy (non-hydrogen) atoms. The number of carbonyl (C=O) groups is 1. The molecule has 0 aliphatic carbocycles. The number of aliphatic imine (C=N–C) groups is 1. The fourth-order valence-electron chi connectivity index (χ4n) is 3.05. The minimum atomic E-state index is -0.206. The van der Waals surface area contributed by atoms with Gasteiger partial charge in [-0.2, -0.15) is 0 Å². The molecule has 0 bridgehead atoms. The predicted octanol–water partition coefficient (Wildman–Crippen LogP) is 5.60. The first-order chi connectivity index (χ1) is 15.7. The molecule has 160 valence electrons. The summed E-state index contributed by atoms with van der Waals surface area (Å²) < 4.78 is 11.3. The van der Waals surface area contributed by atoms with Gasteiger partial charge < -0.3 is 19.5 Å². The maximum atomic E-state index is 12.4. The number of para-hydroxylation sites is 2. The van der Waals surface area contributed by atoms with Crippen LogP contribution in [0.3, 0.4) is 0 Å². The molecule has 0 unspecified atom stereocenters. The van der Waals surface area contributed by atoms with E-state index in [0.717, 1.165) is 27.6 Å². The van der Waals surface area contributed by atoms with Gasteiger partial charge in [-0.05, 0) is 79.0 Å². The first-order valence-corrected chi connectivity index (χ1v) is 11.5. The third-order valence-electron chi connectivity index (χ3n) is 4.47. The number of amides is 1. The maximum Gasteiger partial charge on any atom is 0.264 e. The zero-order valence-corrected chi connectivity index (χ0v) is 18.6.